The van der Waals surface area contributed by atoms with Crippen LogP contribution in [-0.4, -0.2) is 11.1 Å². The number of nitrogens with zero attached hydrogens (tertiary/aromatic N) is 1. The standard InChI is InChI=1S/C14H7Cl2NO3/c15-10-2-1-3-12(9(10)7-17)20-13-5-4-8(14(18)19)6-11(13)16/h1-6H,(H,18,19). The van der Waals surface area contributed by atoms with Crippen LogP contribution in [0.25, 0.3) is 0 Å². The zero-order chi connectivity index (χ0) is 14.7. The Labute approximate surface area is 124 Å². The zero-order valence-corrected chi connectivity index (χ0v) is 11.4. The van der Waals surface area contributed by atoms with Crippen LogP contribution in [0, 0.1) is 11.3 Å². The Bertz CT molecular complexity index is 723. The first-order valence-electron chi connectivity index (χ1n) is 5.42. The van der Waals surface area contributed by atoms with Crippen LogP contribution >= 0.6 is 23.2 Å². The Morgan fingerprint density at radius 1 is 1.15 bits per heavy atom. The highest BCUT2D eigenvalue weighted by atomic mass is 35.5. The fraction of sp³-hybridized carbons (Fsp3) is 0. The van der Waals surface area contributed by atoms with Gasteiger partial charge in [-0.2, -0.15) is 5.26 Å². The van der Waals surface area contributed by atoms with Gasteiger partial charge in [-0.15, -0.1) is 0 Å². The van der Waals surface area contributed by atoms with E-state index in [4.69, 9.17) is 38.3 Å². The molecule has 20 heavy (non-hydrogen) atoms. The molecule has 100 valence electrons. The van der Waals surface area contributed by atoms with Gasteiger partial charge in [0.05, 0.1) is 15.6 Å². The molecular weight excluding hydrogens is 301 g/mol. The molecule has 0 atom stereocenters. The van der Waals surface area contributed by atoms with E-state index in [0.717, 1.165) is 0 Å². The van der Waals surface area contributed by atoms with Crippen LogP contribution in [0.5, 0.6) is 11.5 Å². The van der Waals surface area contributed by atoms with Gasteiger partial charge in [0.25, 0.3) is 0 Å². The first-order valence-corrected chi connectivity index (χ1v) is 6.18. The quantitative estimate of drug-likeness (QED) is 0.914. The van der Waals surface area contributed by atoms with E-state index in [2.05, 4.69) is 0 Å². The second kappa shape index (κ2) is 5.83. The molecule has 6 heteroatoms. The summed E-state index contributed by atoms with van der Waals surface area (Å²) in [5.41, 5.74) is 0.237. The van der Waals surface area contributed by atoms with Crippen LogP contribution in [0.1, 0.15) is 15.9 Å². The van der Waals surface area contributed by atoms with Crippen LogP contribution in [-0.2, 0) is 0 Å². The number of carboxylic acids is 1. The maximum atomic E-state index is 10.8. The molecule has 0 aromatic heterocycles. The molecule has 0 aliphatic heterocycles. The lowest BCUT2D eigenvalue weighted by Gasteiger charge is -2.10. The lowest BCUT2D eigenvalue weighted by atomic mass is 10.2. The Hall–Kier alpha value is -2.22. The van der Waals surface area contributed by atoms with Crippen molar-refractivity contribution in [2.45, 2.75) is 0 Å². The van der Waals surface area contributed by atoms with E-state index in [9.17, 15) is 4.79 Å². The van der Waals surface area contributed by atoms with E-state index in [0.29, 0.717) is 0 Å². The number of benzene rings is 2. The van der Waals surface area contributed by atoms with Crippen LogP contribution < -0.4 is 4.74 Å². The summed E-state index contributed by atoms with van der Waals surface area (Å²) in [6, 6.07) is 10.8. The van der Waals surface area contributed by atoms with Crippen LogP contribution in [0.15, 0.2) is 36.4 Å². The van der Waals surface area contributed by atoms with Crippen molar-refractivity contribution in [2.24, 2.45) is 0 Å². The summed E-state index contributed by atoms with van der Waals surface area (Å²) in [6.07, 6.45) is 0. The van der Waals surface area contributed by atoms with Gasteiger partial charge in [-0.1, -0.05) is 29.3 Å². The second-order valence-electron chi connectivity index (χ2n) is 3.78. The minimum Gasteiger partial charge on any atom is -0.478 e. The molecule has 0 saturated heterocycles. The molecule has 1 N–H and O–H groups in total. The highest BCUT2D eigenvalue weighted by Crippen LogP contribution is 2.34. The molecule has 0 aliphatic rings. The average Bonchev–Trinajstić information content (AvgIpc) is 2.41. The molecule has 4 nitrogen and oxygen atoms in total. The third kappa shape index (κ3) is 2.85. The lowest BCUT2D eigenvalue weighted by Crippen LogP contribution is -1.96. The van der Waals surface area contributed by atoms with E-state index >= 15 is 0 Å². The number of carbonyl (C=O) groups is 1. The minimum absolute atomic E-state index is 0.0500. The maximum Gasteiger partial charge on any atom is 0.335 e. The highest BCUT2D eigenvalue weighted by molar-refractivity contribution is 6.32. The minimum atomic E-state index is -1.08. The Morgan fingerprint density at radius 2 is 1.90 bits per heavy atom. The zero-order valence-electron chi connectivity index (χ0n) is 9.93. The van der Waals surface area contributed by atoms with E-state index in [1.54, 1.807) is 18.2 Å². The predicted octanol–water partition coefficient (Wildman–Crippen LogP) is 4.36. The molecule has 0 spiro atoms. The monoisotopic (exact) mass is 307 g/mol. The van der Waals surface area contributed by atoms with Gasteiger partial charge in [-0.3, -0.25) is 0 Å². The fourth-order valence-electron chi connectivity index (χ4n) is 1.53. The average molecular weight is 308 g/mol. The molecule has 0 bridgehead atoms. The molecule has 0 fully saturated rings. The van der Waals surface area contributed by atoms with E-state index < -0.39 is 5.97 Å². The lowest BCUT2D eigenvalue weighted by molar-refractivity contribution is 0.0697. The van der Waals surface area contributed by atoms with Gasteiger partial charge in [0.2, 0.25) is 0 Å². The molecule has 0 aliphatic carbocycles. The number of aromatic carboxylic acids is 1. The Balaban J connectivity index is 2.39. The van der Waals surface area contributed by atoms with Crippen molar-refractivity contribution in [2.75, 3.05) is 0 Å². The number of rotatable bonds is 3. The maximum absolute atomic E-state index is 10.8. The first-order chi connectivity index (χ1) is 9.52. The van der Waals surface area contributed by atoms with Gasteiger partial charge in [-0.05, 0) is 30.3 Å². The van der Waals surface area contributed by atoms with E-state index in [1.807, 2.05) is 6.07 Å². The molecule has 0 radical (unpaired) electrons. The molecule has 2 aromatic rings. The first kappa shape index (κ1) is 14.2. The number of nitriles is 1. The third-order valence-corrected chi connectivity index (χ3v) is 3.10. The summed E-state index contributed by atoms with van der Waals surface area (Å²) >= 11 is 11.8. The number of hydrogen-bond donors (Lipinski definition) is 1. The smallest absolute Gasteiger partial charge is 0.335 e. The molecule has 0 unspecified atom stereocenters. The number of halogens is 2. The molecule has 0 heterocycles. The van der Waals surface area contributed by atoms with Gasteiger partial charge in [0, 0.05) is 0 Å². The van der Waals surface area contributed by atoms with Crippen molar-refractivity contribution in [1.82, 2.24) is 0 Å². The van der Waals surface area contributed by atoms with Crippen LogP contribution in [0.3, 0.4) is 0 Å². The summed E-state index contributed by atoms with van der Waals surface area (Å²) in [6.45, 7) is 0. The van der Waals surface area contributed by atoms with Crippen molar-refractivity contribution in [3.05, 3.63) is 57.6 Å². The summed E-state index contributed by atoms with van der Waals surface area (Å²) < 4.78 is 5.51. The molecule has 2 rings (SSSR count). The van der Waals surface area contributed by atoms with Gasteiger partial charge in [0.1, 0.15) is 23.1 Å². The fourth-order valence-corrected chi connectivity index (χ4v) is 1.96. The summed E-state index contributed by atoms with van der Waals surface area (Å²) in [5.74, 6) is -0.584. The normalized spacial score (nSPS) is 9.85. The molecular formula is C14H7Cl2NO3. The van der Waals surface area contributed by atoms with E-state index in [1.165, 1.54) is 18.2 Å². The number of carboxylic acid groups (broad SMARTS) is 1. The molecule has 0 amide bonds. The summed E-state index contributed by atoms with van der Waals surface area (Å²) in [7, 11) is 0. The third-order valence-electron chi connectivity index (χ3n) is 2.49. The van der Waals surface area contributed by atoms with Gasteiger partial charge in [-0.25, -0.2) is 4.79 Å². The SMILES string of the molecule is N#Cc1c(Cl)cccc1Oc1ccc(C(=O)O)cc1Cl. The van der Waals surface area contributed by atoms with Crippen LogP contribution in [0.4, 0.5) is 0 Å². The Morgan fingerprint density at radius 3 is 2.50 bits per heavy atom. The van der Waals surface area contributed by atoms with Gasteiger partial charge in [0.15, 0.2) is 0 Å². The van der Waals surface area contributed by atoms with Crippen molar-refractivity contribution < 1.29 is 14.6 Å². The largest absolute Gasteiger partial charge is 0.478 e. The highest BCUT2D eigenvalue weighted by Gasteiger charge is 2.12. The van der Waals surface area contributed by atoms with Crippen molar-refractivity contribution in [3.63, 3.8) is 0 Å². The second-order valence-corrected chi connectivity index (χ2v) is 4.59. The van der Waals surface area contributed by atoms with Crippen molar-refractivity contribution >= 4 is 29.2 Å². The number of ether oxygens (including phenoxy) is 1. The van der Waals surface area contributed by atoms with E-state index in [-0.39, 0.29) is 32.7 Å². The van der Waals surface area contributed by atoms with Gasteiger partial charge >= 0.3 is 5.97 Å². The van der Waals surface area contributed by atoms with Gasteiger partial charge < -0.3 is 9.84 Å². The predicted molar refractivity (Wildman–Crippen MR) is 74.7 cm³/mol. The number of hydrogen-bond acceptors (Lipinski definition) is 3. The Kier molecular flexibility index (Phi) is 4.14. The topological polar surface area (TPSA) is 70.3 Å². The van der Waals surface area contributed by atoms with Crippen molar-refractivity contribution in [1.29, 1.82) is 5.26 Å². The molecule has 2 aromatic carbocycles. The van der Waals surface area contributed by atoms with Crippen molar-refractivity contribution in [3.8, 4) is 17.6 Å². The summed E-state index contributed by atoms with van der Waals surface area (Å²) in [4.78, 5) is 10.8. The molecule has 0 saturated carbocycles. The summed E-state index contributed by atoms with van der Waals surface area (Å²) in [5, 5.41) is 18.3. The van der Waals surface area contributed by atoms with Crippen LogP contribution in [0.2, 0.25) is 10.0 Å².